The van der Waals surface area contributed by atoms with Gasteiger partial charge in [0.15, 0.2) is 5.13 Å². The molecule has 0 aliphatic carbocycles. The molecule has 0 saturated heterocycles. The number of aryl methyl sites for hydroxylation is 2. The Hall–Kier alpha value is -2.15. The SMILES string of the molecule is CCOC(=O)c1sc(NCc2cccn(CC)c2=O)nc1C. The lowest BCUT2D eigenvalue weighted by molar-refractivity contribution is 0.0531. The molecule has 0 fully saturated rings. The summed E-state index contributed by atoms with van der Waals surface area (Å²) in [4.78, 5) is 28.7. The van der Waals surface area contributed by atoms with Gasteiger partial charge in [0.25, 0.3) is 5.56 Å². The van der Waals surface area contributed by atoms with Crippen molar-refractivity contribution >= 4 is 22.4 Å². The Morgan fingerprint density at radius 2 is 2.23 bits per heavy atom. The molecule has 7 heteroatoms. The van der Waals surface area contributed by atoms with Gasteiger partial charge in [0.2, 0.25) is 0 Å². The first-order chi connectivity index (χ1) is 10.6. The van der Waals surface area contributed by atoms with Crippen molar-refractivity contribution in [3.8, 4) is 0 Å². The van der Waals surface area contributed by atoms with E-state index in [0.29, 0.717) is 41.0 Å². The van der Waals surface area contributed by atoms with Crippen LogP contribution in [0.25, 0.3) is 0 Å². The Bertz CT molecular complexity index is 721. The van der Waals surface area contributed by atoms with Crippen LogP contribution in [-0.2, 0) is 17.8 Å². The maximum atomic E-state index is 12.1. The van der Waals surface area contributed by atoms with Crippen LogP contribution in [0.1, 0.15) is 34.8 Å². The number of ether oxygens (including phenoxy) is 1. The zero-order chi connectivity index (χ0) is 16.1. The molecule has 0 unspecified atom stereocenters. The normalized spacial score (nSPS) is 10.5. The van der Waals surface area contributed by atoms with Gasteiger partial charge < -0.3 is 14.6 Å². The third-order valence-electron chi connectivity index (χ3n) is 3.13. The molecule has 0 aromatic carbocycles. The highest BCUT2D eigenvalue weighted by atomic mass is 32.1. The summed E-state index contributed by atoms with van der Waals surface area (Å²) < 4.78 is 6.63. The number of nitrogens with zero attached hydrogens (tertiary/aromatic N) is 2. The lowest BCUT2D eigenvalue weighted by Crippen LogP contribution is -2.23. The molecule has 0 spiro atoms. The molecule has 2 aromatic heterocycles. The van der Waals surface area contributed by atoms with E-state index in [4.69, 9.17) is 4.74 Å². The van der Waals surface area contributed by atoms with Crippen molar-refractivity contribution < 1.29 is 9.53 Å². The Balaban J connectivity index is 2.11. The first-order valence-electron chi connectivity index (χ1n) is 7.13. The van der Waals surface area contributed by atoms with E-state index in [9.17, 15) is 9.59 Å². The van der Waals surface area contributed by atoms with E-state index in [2.05, 4.69) is 10.3 Å². The van der Waals surface area contributed by atoms with Gasteiger partial charge in [-0.25, -0.2) is 9.78 Å². The quantitative estimate of drug-likeness (QED) is 0.827. The predicted molar refractivity (Wildman–Crippen MR) is 86.5 cm³/mol. The first-order valence-corrected chi connectivity index (χ1v) is 7.95. The topological polar surface area (TPSA) is 73.2 Å². The van der Waals surface area contributed by atoms with E-state index >= 15 is 0 Å². The fourth-order valence-corrected chi connectivity index (χ4v) is 2.85. The fraction of sp³-hybridized carbons (Fsp3) is 0.400. The second-order valence-corrected chi connectivity index (χ2v) is 5.63. The lowest BCUT2D eigenvalue weighted by Gasteiger charge is -2.06. The number of aromatic nitrogens is 2. The molecule has 6 nitrogen and oxygen atoms in total. The van der Waals surface area contributed by atoms with Gasteiger partial charge in [-0.2, -0.15) is 0 Å². The lowest BCUT2D eigenvalue weighted by atomic mass is 10.3. The molecule has 22 heavy (non-hydrogen) atoms. The second-order valence-electron chi connectivity index (χ2n) is 4.63. The highest BCUT2D eigenvalue weighted by molar-refractivity contribution is 7.17. The van der Waals surface area contributed by atoms with Gasteiger partial charge in [0, 0.05) is 24.8 Å². The van der Waals surface area contributed by atoms with E-state index in [-0.39, 0.29) is 11.5 Å². The molecule has 118 valence electrons. The summed E-state index contributed by atoms with van der Waals surface area (Å²) in [7, 11) is 0. The smallest absolute Gasteiger partial charge is 0.350 e. The Morgan fingerprint density at radius 1 is 1.45 bits per heavy atom. The number of carbonyl (C=O) groups is 1. The summed E-state index contributed by atoms with van der Waals surface area (Å²) in [6, 6.07) is 3.63. The van der Waals surface area contributed by atoms with Gasteiger partial charge >= 0.3 is 5.97 Å². The summed E-state index contributed by atoms with van der Waals surface area (Å²) in [6.45, 7) is 6.79. The minimum Gasteiger partial charge on any atom is -0.462 e. The van der Waals surface area contributed by atoms with Crippen LogP contribution in [0.4, 0.5) is 5.13 Å². The Morgan fingerprint density at radius 3 is 2.91 bits per heavy atom. The van der Waals surface area contributed by atoms with E-state index in [1.807, 2.05) is 13.0 Å². The third-order valence-corrected chi connectivity index (χ3v) is 4.22. The van der Waals surface area contributed by atoms with Crippen molar-refractivity contribution in [3.63, 3.8) is 0 Å². The summed E-state index contributed by atoms with van der Waals surface area (Å²) in [5, 5.41) is 3.70. The zero-order valence-electron chi connectivity index (χ0n) is 12.9. The van der Waals surface area contributed by atoms with Gasteiger partial charge in [0.05, 0.1) is 12.3 Å². The van der Waals surface area contributed by atoms with Gasteiger partial charge in [-0.05, 0) is 26.8 Å². The largest absolute Gasteiger partial charge is 0.462 e. The minimum absolute atomic E-state index is 0.0172. The molecule has 2 rings (SSSR count). The summed E-state index contributed by atoms with van der Waals surface area (Å²) in [5.74, 6) is -0.362. The summed E-state index contributed by atoms with van der Waals surface area (Å²) >= 11 is 1.24. The highest BCUT2D eigenvalue weighted by Gasteiger charge is 2.16. The second kappa shape index (κ2) is 7.22. The molecule has 2 heterocycles. The zero-order valence-corrected chi connectivity index (χ0v) is 13.7. The number of carbonyl (C=O) groups excluding carboxylic acids is 1. The molecule has 0 aliphatic heterocycles. The van der Waals surface area contributed by atoms with E-state index in [1.54, 1.807) is 30.7 Å². The van der Waals surface area contributed by atoms with Crippen LogP contribution in [0.2, 0.25) is 0 Å². The monoisotopic (exact) mass is 321 g/mol. The molecular weight excluding hydrogens is 302 g/mol. The van der Waals surface area contributed by atoms with Crippen LogP contribution in [0.15, 0.2) is 23.1 Å². The maximum Gasteiger partial charge on any atom is 0.350 e. The number of pyridine rings is 1. The number of thiazole rings is 1. The van der Waals surface area contributed by atoms with Crippen LogP contribution in [-0.4, -0.2) is 22.1 Å². The number of hydrogen-bond acceptors (Lipinski definition) is 6. The molecule has 0 aliphatic rings. The summed E-state index contributed by atoms with van der Waals surface area (Å²) in [5.41, 5.74) is 1.27. The van der Waals surface area contributed by atoms with Crippen molar-refractivity contribution in [2.24, 2.45) is 0 Å². The average molecular weight is 321 g/mol. The minimum atomic E-state index is -0.362. The van der Waals surface area contributed by atoms with Crippen LogP contribution in [0, 0.1) is 6.92 Å². The number of esters is 1. The highest BCUT2D eigenvalue weighted by Crippen LogP contribution is 2.23. The Labute approximate surface area is 132 Å². The van der Waals surface area contributed by atoms with Gasteiger partial charge in [-0.15, -0.1) is 0 Å². The molecule has 1 N–H and O–H groups in total. The van der Waals surface area contributed by atoms with Crippen molar-refractivity contribution in [2.75, 3.05) is 11.9 Å². The molecule has 0 bridgehead atoms. The number of anilines is 1. The van der Waals surface area contributed by atoms with Gasteiger partial charge in [0.1, 0.15) is 4.88 Å². The van der Waals surface area contributed by atoms with E-state index in [0.717, 1.165) is 0 Å². The summed E-state index contributed by atoms with van der Waals surface area (Å²) in [6.07, 6.45) is 1.76. The standard InChI is InChI=1S/C15H19N3O3S/c1-4-18-8-6-7-11(13(18)19)9-16-15-17-10(3)12(22-15)14(20)21-5-2/h6-8H,4-5,9H2,1-3H3,(H,16,17). The van der Waals surface area contributed by atoms with Crippen molar-refractivity contribution in [2.45, 2.75) is 33.9 Å². The molecule has 0 amide bonds. The molecule has 2 aromatic rings. The number of hydrogen-bond donors (Lipinski definition) is 1. The molecular formula is C15H19N3O3S. The average Bonchev–Trinajstić information content (AvgIpc) is 2.87. The predicted octanol–water partition coefficient (Wildman–Crippen LogP) is 2.42. The molecule has 0 saturated carbocycles. The third kappa shape index (κ3) is 3.54. The van der Waals surface area contributed by atoms with Crippen molar-refractivity contribution in [3.05, 3.63) is 44.8 Å². The van der Waals surface area contributed by atoms with Gasteiger partial charge in [-0.3, -0.25) is 4.79 Å². The van der Waals surface area contributed by atoms with E-state index in [1.165, 1.54) is 11.3 Å². The Kier molecular flexibility index (Phi) is 5.32. The molecule has 0 atom stereocenters. The van der Waals surface area contributed by atoms with Crippen LogP contribution >= 0.6 is 11.3 Å². The first kappa shape index (κ1) is 16.2. The number of rotatable bonds is 6. The molecule has 0 radical (unpaired) electrons. The fourth-order valence-electron chi connectivity index (χ4n) is 2.00. The van der Waals surface area contributed by atoms with Crippen LogP contribution in [0.3, 0.4) is 0 Å². The van der Waals surface area contributed by atoms with Crippen molar-refractivity contribution in [1.29, 1.82) is 0 Å². The van der Waals surface area contributed by atoms with Crippen LogP contribution < -0.4 is 10.9 Å². The van der Waals surface area contributed by atoms with Crippen molar-refractivity contribution in [1.82, 2.24) is 9.55 Å². The van der Waals surface area contributed by atoms with Crippen LogP contribution in [0.5, 0.6) is 0 Å². The number of nitrogens with one attached hydrogen (secondary N) is 1. The van der Waals surface area contributed by atoms with E-state index < -0.39 is 0 Å². The maximum absolute atomic E-state index is 12.1. The van der Waals surface area contributed by atoms with Gasteiger partial charge in [-0.1, -0.05) is 17.4 Å².